The Kier molecular flexibility index (Phi) is 30.1. The van der Waals surface area contributed by atoms with Gasteiger partial charge in [-0.2, -0.15) is 0 Å². The van der Waals surface area contributed by atoms with Crippen molar-refractivity contribution in [1.29, 1.82) is 0 Å². The molecule has 0 aromatic rings. The first-order valence-electron chi connectivity index (χ1n) is 18.2. The average Bonchev–Trinajstić information content (AvgIpc) is 3.05. The second kappa shape index (κ2) is 31.4. The van der Waals surface area contributed by atoms with Gasteiger partial charge in [0.1, 0.15) is 18.1 Å². The quantitative estimate of drug-likeness (QED) is 0.0425. The normalized spacial score (nSPS) is 12.9. The summed E-state index contributed by atoms with van der Waals surface area (Å²) in [5.74, 6) is -7.09. The lowest BCUT2D eigenvalue weighted by Gasteiger charge is -2.20. The van der Waals surface area contributed by atoms with Crippen LogP contribution in [-0.4, -0.2) is 88.3 Å². The van der Waals surface area contributed by atoms with E-state index in [9.17, 15) is 38.4 Å². The number of primary amides is 3. The molecule has 0 bridgehead atoms. The number of carbonyl (C=O) groups is 8. The topological polar surface area (TPSA) is 343 Å². The maximum absolute atomic E-state index is 12.4. The molecule has 0 aliphatic rings. The minimum absolute atomic E-state index is 0.184. The molecule has 0 radical (unpaired) electrons. The van der Waals surface area contributed by atoms with Crippen LogP contribution < -0.4 is 44.6 Å². The van der Waals surface area contributed by atoms with E-state index in [2.05, 4.69) is 22.9 Å². The Morgan fingerprint density at radius 3 is 1.37 bits per heavy atom. The highest BCUT2D eigenvalue weighted by atomic mass is 16.4. The van der Waals surface area contributed by atoms with E-state index in [4.69, 9.17) is 38.9 Å². The first-order chi connectivity index (χ1) is 24.5. The molecule has 15 N–H and O–H groups in total. The van der Waals surface area contributed by atoms with Gasteiger partial charge < -0.3 is 54.8 Å². The number of carboxylic acid groups (broad SMARTS) is 2. The van der Waals surface area contributed by atoms with Crippen molar-refractivity contribution >= 4 is 47.4 Å². The van der Waals surface area contributed by atoms with E-state index in [1.54, 1.807) is 0 Å². The Hall–Kier alpha value is -4.32. The van der Waals surface area contributed by atoms with Crippen LogP contribution in [0.25, 0.3) is 0 Å². The Morgan fingerprint density at radius 1 is 0.519 bits per heavy atom. The SMILES string of the molecule is CCCCCCCCCCCCCCCC(=O)N[C@@H](CC(N)=O)C(=O)N[C@@H](CC(N)=O)C(=O)O.NCCCC[C@H](NC(=O)[C@@H](N)CC(N)=O)C(=O)O. The maximum Gasteiger partial charge on any atom is 0.326 e. The number of carboxylic acids is 2. The molecule has 0 saturated heterocycles. The minimum atomic E-state index is -1.56. The number of nitrogens with one attached hydrogen (secondary N) is 3. The lowest BCUT2D eigenvalue weighted by molar-refractivity contribution is -0.144. The minimum Gasteiger partial charge on any atom is -0.480 e. The summed E-state index contributed by atoms with van der Waals surface area (Å²) in [4.78, 5) is 91.0. The second-order valence-corrected chi connectivity index (χ2v) is 12.8. The zero-order chi connectivity index (χ0) is 39.9. The van der Waals surface area contributed by atoms with E-state index in [-0.39, 0.29) is 19.3 Å². The molecule has 0 unspecified atom stereocenters. The summed E-state index contributed by atoms with van der Waals surface area (Å²) in [7, 11) is 0. The molecule has 300 valence electrons. The largest absolute Gasteiger partial charge is 0.480 e. The van der Waals surface area contributed by atoms with Crippen molar-refractivity contribution in [3.8, 4) is 0 Å². The molecule has 0 spiro atoms. The van der Waals surface area contributed by atoms with Crippen molar-refractivity contribution in [2.75, 3.05) is 6.54 Å². The third-order valence-corrected chi connectivity index (χ3v) is 7.90. The standard InChI is InChI=1S/C24H44N4O6.C10H20N4O4/c1-2-3-4-5-6-7-8-9-10-11-12-13-14-15-22(31)27-18(16-20(25)29)23(32)28-19(24(33)34)17-21(26)30;11-4-2-1-3-7(10(17)18)14-9(16)6(12)5-8(13)15/h18-19H,2-17H2,1H3,(H2,25,29)(H2,26,30)(H,27,31)(H,28,32)(H,33,34);6-7H,1-5,11-12H2,(H2,13,15)(H,14,16)(H,17,18)/t18-,19-;6-,7-/m00/s1. The van der Waals surface area contributed by atoms with E-state index >= 15 is 0 Å². The van der Waals surface area contributed by atoms with Crippen LogP contribution in [0, 0.1) is 0 Å². The Morgan fingerprint density at radius 2 is 0.942 bits per heavy atom. The molecule has 18 heteroatoms. The number of rotatable bonds is 31. The number of nitrogens with two attached hydrogens (primary N) is 5. The average molecular weight is 745 g/mol. The van der Waals surface area contributed by atoms with Crippen molar-refractivity contribution in [2.24, 2.45) is 28.7 Å². The van der Waals surface area contributed by atoms with Gasteiger partial charge in [-0.3, -0.25) is 28.8 Å². The fourth-order valence-corrected chi connectivity index (χ4v) is 4.99. The third-order valence-electron chi connectivity index (χ3n) is 7.90. The molecule has 4 atom stereocenters. The lowest BCUT2D eigenvalue weighted by atomic mass is 10.0. The van der Waals surface area contributed by atoms with Crippen LogP contribution in [0.3, 0.4) is 0 Å². The Balaban J connectivity index is 0. The summed E-state index contributed by atoms with van der Waals surface area (Å²) in [5.41, 5.74) is 25.7. The van der Waals surface area contributed by atoms with Crippen molar-refractivity contribution in [1.82, 2.24) is 16.0 Å². The first kappa shape index (κ1) is 49.8. The molecule has 0 saturated carbocycles. The van der Waals surface area contributed by atoms with Crippen molar-refractivity contribution in [3.63, 3.8) is 0 Å². The predicted octanol–water partition coefficient (Wildman–Crippen LogP) is 0.160. The van der Waals surface area contributed by atoms with E-state index in [1.807, 2.05) is 0 Å². The van der Waals surface area contributed by atoms with Crippen LogP contribution in [0.15, 0.2) is 0 Å². The van der Waals surface area contributed by atoms with E-state index in [0.717, 1.165) is 19.3 Å². The summed E-state index contributed by atoms with van der Waals surface area (Å²) in [6.45, 7) is 2.68. The van der Waals surface area contributed by atoms with Gasteiger partial charge in [-0.1, -0.05) is 84.0 Å². The molecule has 6 amide bonds. The van der Waals surface area contributed by atoms with Crippen LogP contribution >= 0.6 is 0 Å². The van der Waals surface area contributed by atoms with Gasteiger partial charge in [0, 0.05) is 6.42 Å². The molecule has 18 nitrogen and oxygen atoms in total. The van der Waals surface area contributed by atoms with E-state index < -0.39 is 84.4 Å². The summed E-state index contributed by atoms with van der Waals surface area (Å²) in [5, 5.41) is 24.8. The van der Waals surface area contributed by atoms with Crippen molar-refractivity contribution in [2.45, 2.75) is 160 Å². The zero-order valence-electron chi connectivity index (χ0n) is 30.7. The van der Waals surface area contributed by atoms with Crippen LogP contribution in [0.5, 0.6) is 0 Å². The van der Waals surface area contributed by atoms with Crippen LogP contribution in [0.2, 0.25) is 0 Å². The fourth-order valence-electron chi connectivity index (χ4n) is 4.99. The van der Waals surface area contributed by atoms with Gasteiger partial charge in [-0.15, -0.1) is 0 Å². The first-order valence-corrected chi connectivity index (χ1v) is 18.2. The van der Waals surface area contributed by atoms with Gasteiger partial charge in [0.2, 0.25) is 35.4 Å². The number of aliphatic carboxylic acids is 2. The summed E-state index contributed by atoms with van der Waals surface area (Å²) in [6, 6.07) is -5.03. The van der Waals surface area contributed by atoms with Gasteiger partial charge in [0.15, 0.2) is 0 Å². The van der Waals surface area contributed by atoms with E-state index in [0.29, 0.717) is 25.8 Å². The number of hydrogen-bond donors (Lipinski definition) is 10. The van der Waals surface area contributed by atoms with E-state index in [1.165, 1.54) is 57.8 Å². The van der Waals surface area contributed by atoms with Crippen LogP contribution in [-0.2, 0) is 38.4 Å². The molecular weight excluding hydrogens is 680 g/mol. The Labute approximate surface area is 306 Å². The molecule has 52 heavy (non-hydrogen) atoms. The van der Waals surface area contributed by atoms with Gasteiger partial charge in [0.05, 0.1) is 25.3 Å². The molecule has 0 aliphatic heterocycles. The summed E-state index contributed by atoms with van der Waals surface area (Å²) >= 11 is 0. The highest BCUT2D eigenvalue weighted by Crippen LogP contribution is 2.13. The number of hydrogen-bond acceptors (Lipinski definition) is 10. The summed E-state index contributed by atoms with van der Waals surface area (Å²) < 4.78 is 0. The molecule has 0 aliphatic carbocycles. The van der Waals surface area contributed by atoms with Gasteiger partial charge >= 0.3 is 11.9 Å². The third kappa shape index (κ3) is 29.4. The maximum atomic E-state index is 12.4. The smallest absolute Gasteiger partial charge is 0.326 e. The lowest BCUT2D eigenvalue weighted by Crippen LogP contribution is -2.53. The molecule has 0 fully saturated rings. The number of unbranched alkanes of at least 4 members (excludes halogenated alkanes) is 13. The fraction of sp³-hybridized carbons (Fsp3) is 0.765. The highest BCUT2D eigenvalue weighted by Gasteiger charge is 2.29. The molecule has 0 aromatic heterocycles. The van der Waals surface area contributed by atoms with Gasteiger partial charge in [-0.25, -0.2) is 9.59 Å². The van der Waals surface area contributed by atoms with Crippen molar-refractivity contribution < 1.29 is 48.6 Å². The molecule has 0 rings (SSSR count). The number of carbonyl (C=O) groups excluding carboxylic acids is 6. The molecular formula is C34H64N8O10. The highest BCUT2D eigenvalue weighted by molar-refractivity contribution is 5.94. The predicted molar refractivity (Wildman–Crippen MR) is 194 cm³/mol. The van der Waals surface area contributed by atoms with Crippen LogP contribution in [0.1, 0.15) is 135 Å². The molecule has 0 aromatic carbocycles. The van der Waals surface area contributed by atoms with Gasteiger partial charge in [-0.05, 0) is 32.2 Å². The van der Waals surface area contributed by atoms with Crippen LogP contribution in [0.4, 0.5) is 0 Å². The molecule has 0 heterocycles. The monoisotopic (exact) mass is 744 g/mol. The second-order valence-electron chi connectivity index (χ2n) is 12.8. The zero-order valence-corrected chi connectivity index (χ0v) is 30.7. The van der Waals surface area contributed by atoms with Crippen molar-refractivity contribution in [3.05, 3.63) is 0 Å². The Bertz CT molecular complexity index is 1110. The summed E-state index contributed by atoms with van der Waals surface area (Å²) in [6.07, 6.45) is 15.6. The number of amides is 6. The van der Waals surface area contributed by atoms with Gasteiger partial charge in [0.25, 0.3) is 0 Å².